The summed E-state index contributed by atoms with van der Waals surface area (Å²) in [5.41, 5.74) is 2.59. The first kappa shape index (κ1) is 16.5. The van der Waals surface area contributed by atoms with E-state index in [2.05, 4.69) is 71.3 Å². The molecule has 1 unspecified atom stereocenters. The van der Waals surface area contributed by atoms with Crippen molar-refractivity contribution in [1.29, 1.82) is 0 Å². The van der Waals surface area contributed by atoms with E-state index in [4.69, 9.17) is 11.6 Å². The van der Waals surface area contributed by atoms with Crippen LogP contribution in [0.3, 0.4) is 0 Å². The number of nitrogens with zero attached hydrogens (tertiary/aromatic N) is 1. The number of halogens is 2. The van der Waals surface area contributed by atoms with Gasteiger partial charge in [0.15, 0.2) is 0 Å². The number of hydrogen-bond acceptors (Lipinski definition) is 1. The minimum Gasteiger partial charge on any atom is -0.309 e. The van der Waals surface area contributed by atoms with E-state index in [0.29, 0.717) is 5.92 Å². The van der Waals surface area contributed by atoms with Crippen LogP contribution in [0.5, 0.6) is 0 Å². The molecule has 2 rings (SSSR count). The summed E-state index contributed by atoms with van der Waals surface area (Å²) in [5, 5.41) is 0.872. The molecule has 0 N–H and O–H groups in total. The summed E-state index contributed by atoms with van der Waals surface area (Å²) in [6, 6.07) is 16.7. The van der Waals surface area contributed by atoms with Crippen molar-refractivity contribution in [3.05, 3.63) is 69.2 Å². The van der Waals surface area contributed by atoms with Crippen molar-refractivity contribution in [3.8, 4) is 0 Å². The molecule has 0 aromatic heterocycles. The molecule has 0 aliphatic heterocycles. The highest BCUT2D eigenvalue weighted by Crippen LogP contribution is 2.30. The van der Waals surface area contributed by atoms with Crippen LogP contribution < -0.4 is 0 Å². The molecule has 0 aliphatic rings. The minimum atomic E-state index is 0.440. The largest absolute Gasteiger partial charge is 0.309 e. The zero-order chi connectivity index (χ0) is 15.2. The van der Waals surface area contributed by atoms with Crippen LogP contribution in [-0.2, 0) is 6.42 Å². The van der Waals surface area contributed by atoms with E-state index in [9.17, 15) is 0 Å². The third kappa shape index (κ3) is 5.14. The molecule has 0 saturated heterocycles. The van der Waals surface area contributed by atoms with Gasteiger partial charge in [-0.1, -0.05) is 57.9 Å². The molecule has 0 fully saturated rings. The highest BCUT2D eigenvalue weighted by atomic mass is 79.9. The molecule has 0 saturated carbocycles. The van der Waals surface area contributed by atoms with E-state index in [1.807, 2.05) is 12.1 Å². The standard InChI is InChI=1S/C18H21BrClN/c1-21(2)11-10-15(17-8-3-4-9-18(17)20)12-14-6-5-7-16(19)13-14/h3-9,13,15H,10-12H2,1-2H3. The van der Waals surface area contributed by atoms with E-state index in [0.717, 1.165) is 28.9 Å². The molecule has 2 aromatic carbocycles. The Morgan fingerprint density at radius 3 is 2.52 bits per heavy atom. The first-order chi connectivity index (χ1) is 10.1. The average Bonchev–Trinajstić information content (AvgIpc) is 2.44. The molecule has 21 heavy (non-hydrogen) atoms. The van der Waals surface area contributed by atoms with Gasteiger partial charge in [0, 0.05) is 9.50 Å². The van der Waals surface area contributed by atoms with Crippen molar-refractivity contribution >= 4 is 27.5 Å². The molecule has 112 valence electrons. The van der Waals surface area contributed by atoms with Crippen LogP contribution in [0.25, 0.3) is 0 Å². The number of benzene rings is 2. The fourth-order valence-electron chi connectivity index (χ4n) is 2.54. The summed E-state index contributed by atoms with van der Waals surface area (Å²) in [6.07, 6.45) is 2.11. The Morgan fingerprint density at radius 2 is 1.86 bits per heavy atom. The second kappa shape index (κ2) is 7.98. The zero-order valence-electron chi connectivity index (χ0n) is 12.5. The van der Waals surface area contributed by atoms with Gasteiger partial charge in [-0.3, -0.25) is 0 Å². The van der Waals surface area contributed by atoms with Gasteiger partial charge >= 0.3 is 0 Å². The molecule has 0 bridgehead atoms. The van der Waals surface area contributed by atoms with E-state index < -0.39 is 0 Å². The fourth-order valence-corrected chi connectivity index (χ4v) is 3.27. The van der Waals surface area contributed by atoms with Gasteiger partial charge in [-0.15, -0.1) is 0 Å². The van der Waals surface area contributed by atoms with Crippen LogP contribution in [0.1, 0.15) is 23.5 Å². The molecular formula is C18H21BrClN. The molecule has 1 nitrogen and oxygen atoms in total. The van der Waals surface area contributed by atoms with E-state index in [-0.39, 0.29) is 0 Å². The van der Waals surface area contributed by atoms with Crippen molar-refractivity contribution in [1.82, 2.24) is 4.90 Å². The Hall–Kier alpha value is -0.830. The monoisotopic (exact) mass is 365 g/mol. The second-order valence-corrected chi connectivity index (χ2v) is 6.97. The van der Waals surface area contributed by atoms with Crippen molar-refractivity contribution in [3.63, 3.8) is 0 Å². The Kier molecular flexibility index (Phi) is 6.28. The van der Waals surface area contributed by atoms with Crippen molar-refractivity contribution in [2.45, 2.75) is 18.8 Å². The second-order valence-electron chi connectivity index (χ2n) is 5.64. The van der Waals surface area contributed by atoms with Gasteiger partial charge in [0.2, 0.25) is 0 Å². The lowest BCUT2D eigenvalue weighted by Crippen LogP contribution is -2.17. The van der Waals surface area contributed by atoms with Gasteiger partial charge in [-0.2, -0.15) is 0 Å². The third-order valence-electron chi connectivity index (χ3n) is 3.64. The first-order valence-electron chi connectivity index (χ1n) is 7.20. The van der Waals surface area contributed by atoms with Gasteiger partial charge in [0.25, 0.3) is 0 Å². The molecule has 2 aromatic rings. The molecule has 0 spiro atoms. The van der Waals surface area contributed by atoms with Crippen molar-refractivity contribution in [2.24, 2.45) is 0 Å². The summed E-state index contributed by atoms with van der Waals surface area (Å²) >= 11 is 9.96. The Morgan fingerprint density at radius 1 is 1.10 bits per heavy atom. The quantitative estimate of drug-likeness (QED) is 0.663. The van der Waals surface area contributed by atoms with Crippen molar-refractivity contribution < 1.29 is 0 Å². The summed E-state index contributed by atoms with van der Waals surface area (Å²) in [6.45, 7) is 1.06. The lowest BCUT2D eigenvalue weighted by atomic mass is 9.89. The molecule has 0 radical (unpaired) electrons. The maximum Gasteiger partial charge on any atom is 0.0440 e. The Bertz CT molecular complexity index is 583. The number of hydrogen-bond donors (Lipinski definition) is 0. The van der Waals surface area contributed by atoms with Gasteiger partial charge in [-0.25, -0.2) is 0 Å². The normalized spacial score (nSPS) is 12.6. The van der Waals surface area contributed by atoms with Crippen LogP contribution in [0.2, 0.25) is 5.02 Å². The van der Waals surface area contributed by atoms with Crippen LogP contribution in [0.15, 0.2) is 53.0 Å². The first-order valence-corrected chi connectivity index (χ1v) is 8.37. The smallest absolute Gasteiger partial charge is 0.0440 e. The highest BCUT2D eigenvalue weighted by molar-refractivity contribution is 9.10. The minimum absolute atomic E-state index is 0.440. The molecular weight excluding hydrogens is 346 g/mol. The maximum absolute atomic E-state index is 6.41. The summed E-state index contributed by atoms with van der Waals surface area (Å²) in [4.78, 5) is 2.23. The van der Waals surface area contributed by atoms with Gasteiger partial charge < -0.3 is 4.90 Å². The van der Waals surface area contributed by atoms with Crippen LogP contribution in [0.4, 0.5) is 0 Å². The molecule has 0 heterocycles. The molecule has 0 amide bonds. The average molecular weight is 367 g/mol. The van der Waals surface area contributed by atoms with E-state index in [1.165, 1.54) is 11.1 Å². The lowest BCUT2D eigenvalue weighted by molar-refractivity contribution is 0.380. The lowest BCUT2D eigenvalue weighted by Gasteiger charge is -2.21. The topological polar surface area (TPSA) is 3.24 Å². The molecule has 0 aliphatic carbocycles. The van der Waals surface area contributed by atoms with E-state index in [1.54, 1.807) is 0 Å². The summed E-state index contributed by atoms with van der Waals surface area (Å²) in [7, 11) is 4.23. The highest BCUT2D eigenvalue weighted by Gasteiger charge is 2.15. The van der Waals surface area contributed by atoms with Gasteiger partial charge in [0.05, 0.1) is 0 Å². The third-order valence-corrected chi connectivity index (χ3v) is 4.48. The summed E-state index contributed by atoms with van der Waals surface area (Å²) in [5.74, 6) is 0.440. The van der Waals surface area contributed by atoms with E-state index >= 15 is 0 Å². The van der Waals surface area contributed by atoms with Crippen molar-refractivity contribution in [2.75, 3.05) is 20.6 Å². The Labute approximate surface area is 141 Å². The SMILES string of the molecule is CN(C)CCC(Cc1cccc(Br)c1)c1ccccc1Cl. The summed E-state index contributed by atoms with van der Waals surface area (Å²) < 4.78 is 1.13. The van der Waals surface area contributed by atoms with Gasteiger partial charge in [-0.05, 0) is 68.7 Å². The fraction of sp³-hybridized carbons (Fsp3) is 0.333. The maximum atomic E-state index is 6.41. The molecule has 3 heteroatoms. The predicted molar refractivity (Wildman–Crippen MR) is 95.2 cm³/mol. The van der Waals surface area contributed by atoms with Gasteiger partial charge in [0.1, 0.15) is 0 Å². The molecule has 1 atom stereocenters. The zero-order valence-corrected chi connectivity index (χ0v) is 14.9. The van der Waals surface area contributed by atoms with Crippen LogP contribution >= 0.6 is 27.5 Å². The predicted octanol–water partition coefficient (Wildman–Crippen LogP) is 5.38. The number of rotatable bonds is 6. The van der Waals surface area contributed by atoms with Crippen LogP contribution in [0, 0.1) is 0 Å². The van der Waals surface area contributed by atoms with Crippen LogP contribution in [-0.4, -0.2) is 25.5 Å². The Balaban J connectivity index is 2.22.